The molecule has 1 saturated heterocycles. The lowest BCUT2D eigenvalue weighted by Crippen LogP contribution is -2.65. The molecule has 0 unspecified atom stereocenters. The zero-order valence-electron chi connectivity index (χ0n) is 9.67. The molecule has 0 aromatic carbocycles. The summed E-state index contributed by atoms with van der Waals surface area (Å²) in [5.74, 6) is -0.370. The normalized spacial score (nSPS) is 22.1. The molecule has 0 saturated carbocycles. The molecule has 0 spiro atoms. The summed E-state index contributed by atoms with van der Waals surface area (Å²) in [6, 6.07) is 0. The average Bonchev–Trinajstić information content (AvgIpc) is 2.11. The summed E-state index contributed by atoms with van der Waals surface area (Å²) >= 11 is 0. The molecule has 1 aliphatic rings. The summed E-state index contributed by atoms with van der Waals surface area (Å²) in [6.07, 6.45) is 0. The molecular formula is C10H22N2O2. The Balaban J connectivity index is 2.34. The van der Waals surface area contributed by atoms with Crippen LogP contribution in [0.5, 0.6) is 0 Å². The third-order valence-electron chi connectivity index (χ3n) is 2.88. The summed E-state index contributed by atoms with van der Waals surface area (Å²) in [4.78, 5) is 2.31. The molecule has 84 valence electrons. The first kappa shape index (κ1) is 11.9. The fraction of sp³-hybridized carbons (Fsp3) is 1.00. The SMILES string of the molecule is COC1(OC)CN(CC(C)(C)CN)C1. The van der Waals surface area contributed by atoms with Crippen molar-refractivity contribution in [3.63, 3.8) is 0 Å². The van der Waals surface area contributed by atoms with Crippen LogP contribution in [0.3, 0.4) is 0 Å². The fourth-order valence-electron chi connectivity index (χ4n) is 1.76. The zero-order chi connectivity index (χ0) is 10.8. The van der Waals surface area contributed by atoms with Gasteiger partial charge in [-0.15, -0.1) is 0 Å². The van der Waals surface area contributed by atoms with Crippen LogP contribution >= 0.6 is 0 Å². The number of nitrogens with zero attached hydrogens (tertiary/aromatic N) is 1. The van der Waals surface area contributed by atoms with Crippen LogP contribution in [0.4, 0.5) is 0 Å². The van der Waals surface area contributed by atoms with Gasteiger partial charge in [0.25, 0.3) is 0 Å². The van der Waals surface area contributed by atoms with Gasteiger partial charge in [0.1, 0.15) is 0 Å². The third-order valence-corrected chi connectivity index (χ3v) is 2.88. The van der Waals surface area contributed by atoms with Gasteiger partial charge in [-0.1, -0.05) is 13.8 Å². The van der Waals surface area contributed by atoms with Crippen LogP contribution in [0.15, 0.2) is 0 Å². The number of methoxy groups -OCH3 is 2. The minimum atomic E-state index is -0.370. The molecule has 14 heavy (non-hydrogen) atoms. The maximum absolute atomic E-state index is 5.68. The first-order valence-electron chi connectivity index (χ1n) is 5.00. The zero-order valence-corrected chi connectivity index (χ0v) is 9.67. The standard InChI is InChI=1S/C10H22N2O2/c1-9(2,5-11)6-12-7-10(8-12,13-3)14-4/h5-8,11H2,1-4H3. The van der Waals surface area contributed by atoms with E-state index in [4.69, 9.17) is 15.2 Å². The maximum atomic E-state index is 5.68. The van der Waals surface area contributed by atoms with Crippen LogP contribution in [0.2, 0.25) is 0 Å². The highest BCUT2D eigenvalue weighted by Gasteiger charge is 2.44. The molecule has 0 radical (unpaired) electrons. The Morgan fingerprint density at radius 1 is 1.29 bits per heavy atom. The van der Waals surface area contributed by atoms with Crippen molar-refractivity contribution < 1.29 is 9.47 Å². The maximum Gasteiger partial charge on any atom is 0.193 e. The van der Waals surface area contributed by atoms with E-state index in [1.165, 1.54) is 0 Å². The van der Waals surface area contributed by atoms with Crippen LogP contribution in [-0.4, -0.2) is 51.1 Å². The minimum absolute atomic E-state index is 0.174. The number of hydrogen-bond donors (Lipinski definition) is 1. The number of hydrogen-bond acceptors (Lipinski definition) is 4. The Labute approximate surface area is 86.3 Å². The van der Waals surface area contributed by atoms with Gasteiger partial charge in [-0.05, 0) is 12.0 Å². The molecule has 0 bridgehead atoms. The van der Waals surface area contributed by atoms with Crippen molar-refractivity contribution in [2.75, 3.05) is 40.4 Å². The highest BCUT2D eigenvalue weighted by Crippen LogP contribution is 2.28. The van der Waals surface area contributed by atoms with E-state index < -0.39 is 0 Å². The second-order valence-corrected chi connectivity index (χ2v) is 4.83. The van der Waals surface area contributed by atoms with Gasteiger partial charge in [-0.2, -0.15) is 0 Å². The molecule has 0 aromatic heterocycles. The van der Waals surface area contributed by atoms with Gasteiger partial charge in [-0.25, -0.2) is 0 Å². The van der Waals surface area contributed by atoms with Crippen LogP contribution in [0, 0.1) is 5.41 Å². The topological polar surface area (TPSA) is 47.7 Å². The molecule has 1 fully saturated rings. The van der Waals surface area contributed by atoms with Crippen LogP contribution in [0.25, 0.3) is 0 Å². The number of nitrogens with two attached hydrogens (primary N) is 1. The molecular weight excluding hydrogens is 180 g/mol. The van der Waals surface area contributed by atoms with Crippen molar-refractivity contribution in [2.45, 2.75) is 19.6 Å². The van der Waals surface area contributed by atoms with Crippen molar-refractivity contribution in [1.82, 2.24) is 4.90 Å². The number of rotatable bonds is 5. The fourth-order valence-corrected chi connectivity index (χ4v) is 1.76. The summed E-state index contributed by atoms with van der Waals surface area (Å²) in [7, 11) is 3.38. The van der Waals surface area contributed by atoms with Crippen molar-refractivity contribution in [2.24, 2.45) is 11.1 Å². The molecule has 1 heterocycles. The van der Waals surface area contributed by atoms with E-state index in [0.717, 1.165) is 19.6 Å². The van der Waals surface area contributed by atoms with Gasteiger partial charge >= 0.3 is 0 Å². The lowest BCUT2D eigenvalue weighted by Gasteiger charge is -2.49. The highest BCUT2D eigenvalue weighted by atomic mass is 16.7. The number of ether oxygens (including phenoxy) is 2. The first-order chi connectivity index (χ1) is 6.47. The second kappa shape index (κ2) is 4.14. The van der Waals surface area contributed by atoms with Gasteiger partial charge in [0, 0.05) is 20.8 Å². The van der Waals surface area contributed by atoms with Gasteiger partial charge in [-0.3, -0.25) is 4.90 Å². The molecule has 0 aromatic rings. The first-order valence-corrected chi connectivity index (χ1v) is 5.00. The smallest absolute Gasteiger partial charge is 0.193 e. The van der Waals surface area contributed by atoms with Crippen LogP contribution in [-0.2, 0) is 9.47 Å². The molecule has 4 heteroatoms. The number of likely N-dealkylation sites (tertiary alicyclic amines) is 1. The lowest BCUT2D eigenvalue weighted by molar-refractivity contribution is -0.278. The lowest BCUT2D eigenvalue weighted by atomic mass is 9.91. The summed E-state index contributed by atoms with van der Waals surface area (Å²) in [5.41, 5.74) is 5.85. The van der Waals surface area contributed by atoms with Crippen molar-refractivity contribution in [3.05, 3.63) is 0 Å². The van der Waals surface area contributed by atoms with E-state index in [1.807, 2.05) is 0 Å². The summed E-state index contributed by atoms with van der Waals surface area (Å²) in [6.45, 7) is 7.72. The molecule has 1 aliphatic heterocycles. The molecule has 1 rings (SSSR count). The van der Waals surface area contributed by atoms with E-state index in [2.05, 4.69) is 18.7 Å². The summed E-state index contributed by atoms with van der Waals surface area (Å²) < 4.78 is 10.6. The van der Waals surface area contributed by atoms with E-state index in [0.29, 0.717) is 6.54 Å². The van der Waals surface area contributed by atoms with Crippen molar-refractivity contribution in [3.8, 4) is 0 Å². The quantitative estimate of drug-likeness (QED) is 0.650. The minimum Gasteiger partial charge on any atom is -0.351 e. The van der Waals surface area contributed by atoms with Gasteiger partial charge < -0.3 is 15.2 Å². The largest absolute Gasteiger partial charge is 0.351 e. The Bertz CT molecular complexity index is 183. The Hall–Kier alpha value is -0.160. The Kier molecular flexibility index (Phi) is 3.53. The van der Waals surface area contributed by atoms with E-state index in [1.54, 1.807) is 14.2 Å². The second-order valence-electron chi connectivity index (χ2n) is 4.83. The van der Waals surface area contributed by atoms with E-state index >= 15 is 0 Å². The molecule has 0 aliphatic carbocycles. The molecule has 0 amide bonds. The van der Waals surface area contributed by atoms with Crippen molar-refractivity contribution in [1.29, 1.82) is 0 Å². The molecule has 2 N–H and O–H groups in total. The van der Waals surface area contributed by atoms with E-state index in [9.17, 15) is 0 Å². The highest BCUT2D eigenvalue weighted by molar-refractivity contribution is 4.91. The summed E-state index contributed by atoms with van der Waals surface area (Å²) in [5, 5.41) is 0. The van der Waals surface area contributed by atoms with Crippen LogP contribution in [0.1, 0.15) is 13.8 Å². The van der Waals surface area contributed by atoms with Crippen LogP contribution < -0.4 is 5.73 Å². The Morgan fingerprint density at radius 3 is 2.14 bits per heavy atom. The monoisotopic (exact) mass is 202 g/mol. The van der Waals surface area contributed by atoms with Gasteiger partial charge in [0.05, 0.1) is 13.1 Å². The molecule has 0 atom stereocenters. The third kappa shape index (κ3) is 2.45. The Morgan fingerprint density at radius 2 is 1.79 bits per heavy atom. The average molecular weight is 202 g/mol. The predicted molar refractivity (Wildman–Crippen MR) is 56.0 cm³/mol. The van der Waals surface area contributed by atoms with Crippen molar-refractivity contribution >= 4 is 0 Å². The molecule has 4 nitrogen and oxygen atoms in total. The predicted octanol–water partition coefficient (Wildman–Crippen LogP) is 0.276. The van der Waals surface area contributed by atoms with Gasteiger partial charge in [0.2, 0.25) is 0 Å². The van der Waals surface area contributed by atoms with E-state index in [-0.39, 0.29) is 11.2 Å². The van der Waals surface area contributed by atoms with Gasteiger partial charge in [0.15, 0.2) is 5.79 Å².